The standard InChI is InChI=1S/C18H25N3O2/c1-14-7-5-10-16(13-22)21(14)12-6-11-17-19-18(20-23-17)15-8-3-2-4-9-15/h2-4,8-9,14,16,22H,5-7,10-13H2,1H3. The molecule has 3 rings (SSSR count). The number of hydrogen-bond acceptors (Lipinski definition) is 5. The summed E-state index contributed by atoms with van der Waals surface area (Å²) in [5, 5.41) is 13.6. The molecule has 124 valence electrons. The Kier molecular flexibility index (Phi) is 5.41. The molecule has 0 aliphatic carbocycles. The minimum absolute atomic E-state index is 0.253. The van der Waals surface area contributed by atoms with E-state index in [1.807, 2.05) is 30.3 Å². The summed E-state index contributed by atoms with van der Waals surface area (Å²) in [6, 6.07) is 10.7. The maximum Gasteiger partial charge on any atom is 0.227 e. The Morgan fingerprint density at radius 3 is 2.87 bits per heavy atom. The molecule has 1 N–H and O–H groups in total. The number of rotatable bonds is 6. The van der Waals surface area contributed by atoms with Gasteiger partial charge < -0.3 is 9.63 Å². The van der Waals surface area contributed by atoms with Crippen LogP contribution in [-0.4, -0.2) is 45.4 Å². The van der Waals surface area contributed by atoms with Gasteiger partial charge in [-0.1, -0.05) is 41.9 Å². The van der Waals surface area contributed by atoms with Gasteiger partial charge in [0.05, 0.1) is 6.61 Å². The monoisotopic (exact) mass is 315 g/mol. The van der Waals surface area contributed by atoms with Crippen molar-refractivity contribution < 1.29 is 9.63 Å². The number of aryl methyl sites for hydroxylation is 1. The summed E-state index contributed by atoms with van der Waals surface area (Å²) >= 11 is 0. The second kappa shape index (κ2) is 7.70. The topological polar surface area (TPSA) is 62.4 Å². The van der Waals surface area contributed by atoms with Crippen molar-refractivity contribution in [1.29, 1.82) is 0 Å². The molecule has 0 radical (unpaired) electrons. The van der Waals surface area contributed by atoms with Crippen LogP contribution in [0.4, 0.5) is 0 Å². The van der Waals surface area contributed by atoms with E-state index in [1.54, 1.807) is 0 Å². The highest BCUT2D eigenvalue weighted by Crippen LogP contribution is 2.23. The van der Waals surface area contributed by atoms with Gasteiger partial charge in [-0.2, -0.15) is 4.98 Å². The molecular formula is C18H25N3O2. The number of nitrogens with zero attached hydrogens (tertiary/aromatic N) is 3. The van der Waals surface area contributed by atoms with Gasteiger partial charge in [0, 0.05) is 24.1 Å². The van der Waals surface area contributed by atoms with Gasteiger partial charge in [0.15, 0.2) is 0 Å². The summed E-state index contributed by atoms with van der Waals surface area (Å²) < 4.78 is 5.36. The third kappa shape index (κ3) is 3.98. The molecule has 1 aliphatic heterocycles. The minimum atomic E-state index is 0.253. The van der Waals surface area contributed by atoms with E-state index in [9.17, 15) is 5.11 Å². The SMILES string of the molecule is CC1CCCC(CO)N1CCCc1nc(-c2ccccc2)no1. The highest BCUT2D eigenvalue weighted by atomic mass is 16.5. The summed E-state index contributed by atoms with van der Waals surface area (Å²) in [5.74, 6) is 1.34. The van der Waals surface area contributed by atoms with Gasteiger partial charge in [-0.05, 0) is 32.7 Å². The molecule has 2 aromatic rings. The van der Waals surface area contributed by atoms with Crippen molar-refractivity contribution in [2.75, 3.05) is 13.2 Å². The van der Waals surface area contributed by atoms with E-state index < -0.39 is 0 Å². The van der Waals surface area contributed by atoms with E-state index >= 15 is 0 Å². The summed E-state index contributed by atoms with van der Waals surface area (Å²) in [6.07, 6.45) is 5.28. The lowest BCUT2D eigenvalue weighted by Crippen LogP contribution is -2.47. The lowest BCUT2D eigenvalue weighted by Gasteiger charge is -2.39. The Balaban J connectivity index is 1.54. The molecule has 5 nitrogen and oxygen atoms in total. The van der Waals surface area contributed by atoms with E-state index in [1.165, 1.54) is 12.8 Å². The lowest BCUT2D eigenvalue weighted by atomic mass is 9.96. The molecule has 1 saturated heterocycles. The van der Waals surface area contributed by atoms with Crippen LogP contribution in [0.15, 0.2) is 34.9 Å². The molecule has 0 saturated carbocycles. The average molecular weight is 315 g/mol. The number of benzene rings is 1. The smallest absolute Gasteiger partial charge is 0.227 e. The first-order valence-corrected chi connectivity index (χ1v) is 8.52. The second-order valence-electron chi connectivity index (χ2n) is 6.34. The van der Waals surface area contributed by atoms with Crippen LogP contribution < -0.4 is 0 Å². The zero-order valence-electron chi connectivity index (χ0n) is 13.7. The van der Waals surface area contributed by atoms with Crippen LogP contribution in [0.2, 0.25) is 0 Å². The van der Waals surface area contributed by atoms with E-state index in [4.69, 9.17) is 4.52 Å². The molecule has 2 unspecified atom stereocenters. The van der Waals surface area contributed by atoms with Crippen molar-refractivity contribution >= 4 is 0 Å². The quantitative estimate of drug-likeness (QED) is 0.888. The number of hydrogen-bond donors (Lipinski definition) is 1. The third-order valence-electron chi connectivity index (χ3n) is 4.71. The zero-order valence-corrected chi connectivity index (χ0v) is 13.7. The summed E-state index contributed by atoms with van der Waals surface area (Å²) in [7, 11) is 0. The summed E-state index contributed by atoms with van der Waals surface area (Å²) in [6.45, 7) is 3.47. The predicted molar refractivity (Wildman–Crippen MR) is 88.9 cm³/mol. The largest absolute Gasteiger partial charge is 0.395 e. The Morgan fingerprint density at radius 1 is 1.26 bits per heavy atom. The average Bonchev–Trinajstić information content (AvgIpc) is 3.06. The van der Waals surface area contributed by atoms with Gasteiger partial charge >= 0.3 is 0 Å². The number of aromatic nitrogens is 2. The van der Waals surface area contributed by atoms with Crippen LogP contribution in [0.1, 0.15) is 38.5 Å². The molecule has 0 amide bonds. The molecule has 1 fully saturated rings. The van der Waals surface area contributed by atoms with Crippen LogP contribution in [-0.2, 0) is 6.42 Å². The molecule has 23 heavy (non-hydrogen) atoms. The first kappa shape index (κ1) is 16.1. The van der Waals surface area contributed by atoms with Gasteiger partial charge in [0.25, 0.3) is 0 Å². The predicted octanol–water partition coefficient (Wildman–Crippen LogP) is 2.90. The molecule has 1 aromatic carbocycles. The number of aliphatic hydroxyl groups excluding tert-OH is 1. The Labute approximate surface area is 137 Å². The second-order valence-corrected chi connectivity index (χ2v) is 6.34. The van der Waals surface area contributed by atoms with Gasteiger partial charge in [0.1, 0.15) is 0 Å². The van der Waals surface area contributed by atoms with Crippen molar-refractivity contribution in [3.05, 3.63) is 36.2 Å². The fraction of sp³-hybridized carbons (Fsp3) is 0.556. The van der Waals surface area contributed by atoms with Gasteiger partial charge in [-0.25, -0.2) is 0 Å². The molecule has 1 aromatic heterocycles. The van der Waals surface area contributed by atoms with Crippen LogP contribution >= 0.6 is 0 Å². The molecule has 1 aliphatic rings. The van der Waals surface area contributed by atoms with E-state index in [-0.39, 0.29) is 6.61 Å². The van der Waals surface area contributed by atoms with Crippen molar-refractivity contribution in [2.24, 2.45) is 0 Å². The van der Waals surface area contributed by atoms with Crippen LogP contribution in [0.3, 0.4) is 0 Å². The van der Waals surface area contributed by atoms with Crippen molar-refractivity contribution in [3.8, 4) is 11.4 Å². The van der Waals surface area contributed by atoms with Crippen LogP contribution in [0.25, 0.3) is 11.4 Å². The molecule has 0 spiro atoms. The maximum absolute atomic E-state index is 9.54. The van der Waals surface area contributed by atoms with Crippen molar-refractivity contribution in [3.63, 3.8) is 0 Å². The molecular weight excluding hydrogens is 290 g/mol. The fourth-order valence-corrected chi connectivity index (χ4v) is 3.41. The highest BCUT2D eigenvalue weighted by Gasteiger charge is 2.26. The van der Waals surface area contributed by atoms with Crippen molar-refractivity contribution in [1.82, 2.24) is 15.0 Å². The highest BCUT2D eigenvalue weighted by molar-refractivity contribution is 5.53. The van der Waals surface area contributed by atoms with Gasteiger partial charge in [-0.15, -0.1) is 0 Å². The molecule has 5 heteroatoms. The Hall–Kier alpha value is -1.72. The Bertz CT molecular complexity index is 599. The zero-order chi connectivity index (χ0) is 16.1. The number of piperidine rings is 1. The van der Waals surface area contributed by atoms with Gasteiger partial charge in [0.2, 0.25) is 11.7 Å². The lowest BCUT2D eigenvalue weighted by molar-refractivity contribution is 0.0506. The summed E-state index contributed by atoms with van der Waals surface area (Å²) in [4.78, 5) is 6.90. The number of aliphatic hydroxyl groups is 1. The first-order valence-electron chi connectivity index (χ1n) is 8.52. The van der Waals surface area contributed by atoms with E-state index in [2.05, 4.69) is 22.0 Å². The minimum Gasteiger partial charge on any atom is -0.395 e. The van der Waals surface area contributed by atoms with E-state index in [0.29, 0.717) is 23.8 Å². The van der Waals surface area contributed by atoms with E-state index in [0.717, 1.165) is 31.4 Å². The fourth-order valence-electron chi connectivity index (χ4n) is 3.41. The van der Waals surface area contributed by atoms with Crippen LogP contribution in [0.5, 0.6) is 0 Å². The molecule has 2 atom stereocenters. The van der Waals surface area contributed by atoms with Crippen LogP contribution in [0, 0.1) is 0 Å². The number of likely N-dealkylation sites (tertiary alicyclic amines) is 1. The molecule has 2 heterocycles. The third-order valence-corrected chi connectivity index (χ3v) is 4.71. The summed E-state index contributed by atoms with van der Waals surface area (Å²) in [5.41, 5.74) is 0.979. The first-order chi connectivity index (χ1) is 11.3. The van der Waals surface area contributed by atoms with Gasteiger partial charge in [-0.3, -0.25) is 4.90 Å². The Morgan fingerprint density at radius 2 is 2.09 bits per heavy atom. The van der Waals surface area contributed by atoms with Crippen molar-refractivity contribution in [2.45, 2.75) is 51.1 Å². The maximum atomic E-state index is 9.54. The molecule has 0 bridgehead atoms. The normalized spacial score (nSPS) is 22.3.